The van der Waals surface area contributed by atoms with Crippen LogP contribution in [0.2, 0.25) is 0 Å². The van der Waals surface area contributed by atoms with E-state index in [2.05, 4.69) is 0 Å². The molecule has 0 saturated carbocycles. The molecule has 0 unspecified atom stereocenters. The number of imide groups is 1. The van der Waals surface area contributed by atoms with Gasteiger partial charge in [0.25, 0.3) is 11.8 Å². The minimum absolute atomic E-state index is 0.0297. The second-order valence-corrected chi connectivity index (χ2v) is 6.83. The number of sulfonamides is 1. The van der Waals surface area contributed by atoms with E-state index in [4.69, 9.17) is 9.98 Å². The van der Waals surface area contributed by atoms with Gasteiger partial charge in [-0.25, -0.2) is 18.4 Å². The van der Waals surface area contributed by atoms with Gasteiger partial charge >= 0.3 is 5.97 Å². The number of nitrogens with zero attached hydrogens (tertiary/aromatic N) is 1. The molecule has 124 valence electrons. The average Bonchev–Trinajstić information content (AvgIpc) is 2.71. The van der Waals surface area contributed by atoms with Crippen LogP contribution in [0.3, 0.4) is 0 Å². The van der Waals surface area contributed by atoms with Crippen LogP contribution >= 0.6 is 0 Å². The van der Waals surface area contributed by atoms with Crippen molar-refractivity contribution in [1.29, 1.82) is 0 Å². The number of primary sulfonamides is 1. The lowest BCUT2D eigenvalue weighted by Gasteiger charge is -2.12. The van der Waals surface area contributed by atoms with Gasteiger partial charge in [0.15, 0.2) is 0 Å². The third-order valence-corrected chi connectivity index (χ3v) is 4.12. The van der Waals surface area contributed by atoms with Crippen molar-refractivity contribution in [3.8, 4) is 0 Å². The van der Waals surface area contributed by atoms with Gasteiger partial charge in [-0.05, 0) is 25.0 Å². The summed E-state index contributed by atoms with van der Waals surface area (Å²) < 4.78 is 21.5. The Bertz CT molecular complexity index is 708. The second kappa shape index (κ2) is 6.88. The van der Waals surface area contributed by atoms with Gasteiger partial charge in [-0.15, -0.1) is 0 Å². The van der Waals surface area contributed by atoms with Gasteiger partial charge in [-0.2, -0.15) is 0 Å². The van der Waals surface area contributed by atoms with Gasteiger partial charge in [0, 0.05) is 6.42 Å². The Morgan fingerprint density at radius 1 is 1.04 bits per heavy atom. The first kappa shape index (κ1) is 17.1. The van der Waals surface area contributed by atoms with Crippen molar-refractivity contribution in [2.24, 2.45) is 5.14 Å². The van der Waals surface area contributed by atoms with Crippen molar-refractivity contribution in [2.45, 2.75) is 25.7 Å². The molecule has 1 aliphatic rings. The monoisotopic (exact) mass is 340 g/mol. The molecule has 0 saturated heterocycles. The van der Waals surface area contributed by atoms with Crippen molar-refractivity contribution in [3.05, 3.63) is 35.4 Å². The van der Waals surface area contributed by atoms with Crippen LogP contribution in [0.15, 0.2) is 24.3 Å². The van der Waals surface area contributed by atoms with Crippen molar-refractivity contribution in [1.82, 2.24) is 5.06 Å². The highest BCUT2D eigenvalue weighted by atomic mass is 32.2. The second-order valence-electron chi connectivity index (χ2n) is 5.09. The predicted octanol–water partition coefficient (Wildman–Crippen LogP) is 0.590. The normalized spacial score (nSPS) is 14.0. The van der Waals surface area contributed by atoms with Crippen LogP contribution in [0.25, 0.3) is 0 Å². The molecule has 0 atom stereocenters. The number of hydrogen-bond donors (Lipinski definition) is 1. The first-order valence-electron chi connectivity index (χ1n) is 6.98. The molecule has 0 aliphatic carbocycles. The molecule has 2 N–H and O–H groups in total. The molecule has 2 amide bonds. The number of hydroxylamine groups is 2. The quantitative estimate of drug-likeness (QED) is 0.572. The fraction of sp³-hybridized carbons (Fsp3) is 0.357. The lowest BCUT2D eigenvalue weighted by molar-refractivity contribution is -0.168. The molecule has 0 bridgehead atoms. The fourth-order valence-electron chi connectivity index (χ4n) is 2.15. The summed E-state index contributed by atoms with van der Waals surface area (Å²) >= 11 is 0. The number of hydrogen-bond acceptors (Lipinski definition) is 6. The minimum Gasteiger partial charge on any atom is -0.330 e. The number of unbranched alkanes of at least 4 members (excludes halogenated alkanes) is 2. The van der Waals surface area contributed by atoms with Crippen LogP contribution in [0.4, 0.5) is 0 Å². The summed E-state index contributed by atoms with van der Waals surface area (Å²) in [7, 11) is -3.50. The Hall–Kier alpha value is -2.26. The SMILES string of the molecule is NS(=O)(=O)CCCCCC(=O)ON1C(=O)c2ccccc2C1=O. The average molecular weight is 340 g/mol. The van der Waals surface area contributed by atoms with Crippen molar-refractivity contribution in [2.75, 3.05) is 5.75 Å². The van der Waals surface area contributed by atoms with E-state index in [0.717, 1.165) is 0 Å². The van der Waals surface area contributed by atoms with Crippen LogP contribution in [-0.4, -0.2) is 37.0 Å². The molecule has 0 aromatic heterocycles. The number of amides is 2. The molecule has 23 heavy (non-hydrogen) atoms. The Morgan fingerprint density at radius 2 is 1.61 bits per heavy atom. The van der Waals surface area contributed by atoms with Gasteiger partial charge < -0.3 is 4.84 Å². The Balaban J connectivity index is 1.81. The van der Waals surface area contributed by atoms with Gasteiger partial charge in [0.2, 0.25) is 10.0 Å². The predicted molar refractivity (Wildman–Crippen MR) is 79.5 cm³/mol. The zero-order valence-electron chi connectivity index (χ0n) is 12.2. The molecule has 0 spiro atoms. The van der Waals surface area contributed by atoms with E-state index in [1.165, 1.54) is 12.1 Å². The number of nitrogens with two attached hydrogens (primary N) is 1. The largest absolute Gasteiger partial charge is 0.333 e. The van der Waals surface area contributed by atoms with E-state index in [1.807, 2.05) is 0 Å². The van der Waals surface area contributed by atoms with Crippen LogP contribution in [0.1, 0.15) is 46.4 Å². The molecular formula is C14H16N2O6S. The lowest BCUT2D eigenvalue weighted by atomic mass is 10.1. The number of benzene rings is 1. The summed E-state index contributed by atoms with van der Waals surface area (Å²) in [6.45, 7) is 0. The highest BCUT2D eigenvalue weighted by Gasteiger charge is 2.38. The van der Waals surface area contributed by atoms with E-state index in [9.17, 15) is 22.8 Å². The van der Waals surface area contributed by atoms with Gasteiger partial charge in [-0.3, -0.25) is 9.59 Å². The van der Waals surface area contributed by atoms with E-state index < -0.39 is 27.8 Å². The third-order valence-electron chi connectivity index (χ3n) is 3.26. The molecule has 0 radical (unpaired) electrons. The van der Waals surface area contributed by atoms with Crippen LogP contribution < -0.4 is 5.14 Å². The first-order chi connectivity index (χ1) is 10.8. The Morgan fingerprint density at radius 3 is 2.13 bits per heavy atom. The van der Waals surface area contributed by atoms with E-state index >= 15 is 0 Å². The Labute approximate surface area is 133 Å². The topological polar surface area (TPSA) is 124 Å². The van der Waals surface area contributed by atoms with Crippen LogP contribution in [0, 0.1) is 0 Å². The first-order valence-corrected chi connectivity index (χ1v) is 8.70. The smallest absolute Gasteiger partial charge is 0.330 e. The van der Waals surface area contributed by atoms with Crippen molar-refractivity contribution in [3.63, 3.8) is 0 Å². The molecular weight excluding hydrogens is 324 g/mol. The molecule has 0 fully saturated rings. The number of fused-ring (bicyclic) bond motifs is 1. The molecule has 1 aromatic carbocycles. The maximum absolute atomic E-state index is 12.0. The van der Waals surface area contributed by atoms with Gasteiger partial charge in [0.1, 0.15) is 0 Å². The van der Waals surface area contributed by atoms with E-state index in [1.54, 1.807) is 12.1 Å². The molecule has 9 heteroatoms. The maximum atomic E-state index is 12.0. The molecule has 1 aromatic rings. The minimum atomic E-state index is -3.50. The summed E-state index contributed by atoms with van der Waals surface area (Å²) in [6, 6.07) is 6.19. The number of carbonyl (C=O) groups excluding carboxylic acids is 3. The van der Waals surface area contributed by atoms with Crippen LogP contribution in [-0.2, 0) is 19.7 Å². The van der Waals surface area contributed by atoms with E-state index in [0.29, 0.717) is 24.3 Å². The lowest BCUT2D eigenvalue weighted by Crippen LogP contribution is -2.32. The molecule has 2 rings (SSSR count). The number of carbonyl (C=O) groups is 3. The molecule has 1 aliphatic heterocycles. The number of rotatable bonds is 7. The zero-order valence-corrected chi connectivity index (χ0v) is 13.0. The summed E-state index contributed by atoms with van der Waals surface area (Å²) in [5.41, 5.74) is 0.386. The standard InChI is InChI=1S/C14H16N2O6S/c15-23(20,21)9-5-1-2-8-12(17)22-16-13(18)10-6-3-4-7-11(10)14(16)19/h3-4,6-7H,1-2,5,8-9H2,(H2,15,20,21). The zero-order chi connectivity index (χ0) is 17.0. The highest BCUT2D eigenvalue weighted by Crippen LogP contribution is 2.23. The molecule has 1 heterocycles. The third kappa shape index (κ3) is 4.36. The van der Waals surface area contributed by atoms with Crippen LogP contribution in [0.5, 0.6) is 0 Å². The fourth-order valence-corrected chi connectivity index (χ4v) is 2.75. The highest BCUT2D eigenvalue weighted by molar-refractivity contribution is 7.89. The summed E-state index contributed by atoms with van der Waals surface area (Å²) in [5, 5.41) is 5.31. The van der Waals surface area contributed by atoms with Gasteiger partial charge in [-0.1, -0.05) is 23.6 Å². The van der Waals surface area contributed by atoms with Crippen molar-refractivity contribution >= 4 is 27.8 Å². The summed E-state index contributed by atoms with van der Waals surface area (Å²) in [6.07, 6.45) is 1.14. The Kier molecular flexibility index (Phi) is 5.12. The summed E-state index contributed by atoms with van der Waals surface area (Å²) in [5.74, 6) is -2.23. The van der Waals surface area contributed by atoms with E-state index in [-0.39, 0.29) is 23.3 Å². The van der Waals surface area contributed by atoms with Gasteiger partial charge in [0.05, 0.1) is 16.9 Å². The molecule has 8 nitrogen and oxygen atoms in total. The maximum Gasteiger partial charge on any atom is 0.333 e. The summed E-state index contributed by atoms with van der Waals surface area (Å²) in [4.78, 5) is 40.5. The van der Waals surface area contributed by atoms with Crippen molar-refractivity contribution < 1.29 is 27.6 Å².